The van der Waals surface area contributed by atoms with Gasteiger partial charge in [0.2, 0.25) is 0 Å². The van der Waals surface area contributed by atoms with E-state index in [0.717, 1.165) is 72.1 Å². The van der Waals surface area contributed by atoms with Crippen molar-refractivity contribution < 1.29 is 9.47 Å². The Morgan fingerprint density at radius 2 is 1.91 bits per heavy atom. The van der Waals surface area contributed by atoms with Gasteiger partial charge in [-0.25, -0.2) is 9.97 Å². The Morgan fingerprint density at radius 1 is 1.06 bits per heavy atom. The number of pyridine rings is 1. The lowest BCUT2D eigenvalue weighted by Crippen LogP contribution is -2.34. The fraction of sp³-hybridized carbons (Fsp3) is 0.423. The molecule has 0 radical (unpaired) electrons. The minimum atomic E-state index is 0.224. The van der Waals surface area contributed by atoms with E-state index in [4.69, 9.17) is 14.5 Å². The van der Waals surface area contributed by atoms with E-state index >= 15 is 0 Å². The molecule has 1 aliphatic heterocycles. The minimum Gasteiger partial charge on any atom is -0.493 e. The van der Waals surface area contributed by atoms with Gasteiger partial charge in [0.05, 0.1) is 26.0 Å². The first-order chi connectivity index (χ1) is 15.7. The van der Waals surface area contributed by atoms with Gasteiger partial charge >= 0.3 is 0 Å². The third-order valence-electron chi connectivity index (χ3n) is 6.12. The van der Waals surface area contributed by atoms with Crippen LogP contribution < -0.4 is 9.47 Å². The van der Waals surface area contributed by atoms with Crippen molar-refractivity contribution in [3.05, 3.63) is 66.0 Å². The Kier molecular flexibility index (Phi) is 7.32. The van der Waals surface area contributed by atoms with Crippen LogP contribution in [0.25, 0.3) is 11.1 Å². The molecule has 1 aromatic carbocycles. The van der Waals surface area contributed by atoms with Crippen LogP contribution in [0.15, 0.2) is 48.9 Å². The Bertz CT molecular complexity index is 1030. The Balaban J connectivity index is 1.73. The normalized spacial score (nSPS) is 16.7. The molecule has 1 unspecified atom stereocenters. The summed E-state index contributed by atoms with van der Waals surface area (Å²) in [5, 5.41) is 0. The minimum absolute atomic E-state index is 0.224. The van der Waals surface area contributed by atoms with Gasteiger partial charge in [-0.15, -0.1) is 0 Å². The van der Waals surface area contributed by atoms with Crippen LogP contribution in [0, 0.1) is 0 Å². The second-order valence-electron chi connectivity index (χ2n) is 8.21. The topological polar surface area (TPSA) is 60.4 Å². The molecule has 0 amide bonds. The molecule has 6 nitrogen and oxygen atoms in total. The van der Waals surface area contributed by atoms with Gasteiger partial charge in [0, 0.05) is 42.7 Å². The van der Waals surface area contributed by atoms with Crippen molar-refractivity contribution in [3.8, 4) is 22.6 Å². The van der Waals surface area contributed by atoms with E-state index in [1.165, 1.54) is 12.8 Å². The van der Waals surface area contributed by atoms with Crippen molar-refractivity contribution in [3.63, 3.8) is 0 Å². The number of piperidine rings is 1. The van der Waals surface area contributed by atoms with Gasteiger partial charge in [0.15, 0.2) is 11.5 Å². The zero-order valence-corrected chi connectivity index (χ0v) is 19.3. The van der Waals surface area contributed by atoms with Crippen LogP contribution >= 0.6 is 0 Å². The number of para-hydroxylation sites is 1. The molecule has 4 rings (SSSR count). The summed E-state index contributed by atoms with van der Waals surface area (Å²) in [5.74, 6) is 2.50. The Morgan fingerprint density at radius 3 is 2.66 bits per heavy atom. The summed E-state index contributed by atoms with van der Waals surface area (Å²) in [6.45, 7) is 3.98. The maximum absolute atomic E-state index is 5.71. The summed E-state index contributed by atoms with van der Waals surface area (Å²) in [6, 6.07) is 10.4. The van der Waals surface area contributed by atoms with Crippen LogP contribution in [-0.4, -0.2) is 40.6 Å². The largest absolute Gasteiger partial charge is 0.493 e. The van der Waals surface area contributed by atoms with Crippen molar-refractivity contribution >= 4 is 0 Å². The average molecular weight is 433 g/mol. The monoisotopic (exact) mass is 432 g/mol. The molecule has 1 atom stereocenters. The quantitative estimate of drug-likeness (QED) is 0.485. The number of ether oxygens (including phenoxy) is 2. The summed E-state index contributed by atoms with van der Waals surface area (Å²) >= 11 is 0. The first-order valence-electron chi connectivity index (χ1n) is 11.4. The number of aryl methyl sites for hydroxylation is 1. The number of hydrogen-bond acceptors (Lipinski definition) is 6. The van der Waals surface area contributed by atoms with E-state index in [0.29, 0.717) is 0 Å². The average Bonchev–Trinajstić information content (AvgIpc) is 2.85. The molecule has 0 spiro atoms. The predicted octanol–water partition coefficient (Wildman–Crippen LogP) is 5.24. The number of aromatic nitrogens is 3. The smallest absolute Gasteiger partial charge is 0.165 e. The van der Waals surface area contributed by atoms with E-state index in [1.54, 1.807) is 14.2 Å². The van der Waals surface area contributed by atoms with E-state index in [9.17, 15) is 0 Å². The van der Waals surface area contributed by atoms with Crippen molar-refractivity contribution in [2.24, 2.45) is 0 Å². The molecule has 168 valence electrons. The third-order valence-corrected chi connectivity index (χ3v) is 6.12. The zero-order valence-electron chi connectivity index (χ0n) is 19.3. The fourth-order valence-corrected chi connectivity index (χ4v) is 4.57. The molecule has 32 heavy (non-hydrogen) atoms. The first-order valence-corrected chi connectivity index (χ1v) is 11.4. The van der Waals surface area contributed by atoms with E-state index < -0.39 is 0 Å². The van der Waals surface area contributed by atoms with Crippen molar-refractivity contribution in [1.29, 1.82) is 0 Å². The van der Waals surface area contributed by atoms with Gasteiger partial charge < -0.3 is 9.47 Å². The van der Waals surface area contributed by atoms with Crippen LogP contribution in [0.4, 0.5) is 0 Å². The van der Waals surface area contributed by atoms with Crippen LogP contribution in [0.1, 0.15) is 55.7 Å². The zero-order chi connectivity index (χ0) is 22.3. The molecule has 2 aromatic heterocycles. The van der Waals surface area contributed by atoms with Gasteiger partial charge in [-0.1, -0.05) is 25.5 Å². The molecule has 0 aliphatic carbocycles. The second kappa shape index (κ2) is 10.6. The van der Waals surface area contributed by atoms with E-state index in [1.807, 2.05) is 42.9 Å². The number of hydrogen-bond donors (Lipinski definition) is 0. The molecule has 1 fully saturated rings. The fourth-order valence-electron chi connectivity index (χ4n) is 4.57. The van der Waals surface area contributed by atoms with E-state index in [2.05, 4.69) is 27.9 Å². The van der Waals surface area contributed by atoms with Gasteiger partial charge in [-0.05, 0) is 49.6 Å². The molecule has 1 aliphatic rings. The third kappa shape index (κ3) is 4.75. The molecular weight excluding hydrogens is 400 g/mol. The van der Waals surface area contributed by atoms with Crippen LogP contribution in [-0.2, 0) is 13.0 Å². The lowest BCUT2D eigenvalue weighted by Gasteiger charge is -2.36. The highest BCUT2D eigenvalue weighted by molar-refractivity contribution is 5.65. The molecule has 3 heterocycles. The summed E-state index contributed by atoms with van der Waals surface area (Å²) in [7, 11) is 3.39. The lowest BCUT2D eigenvalue weighted by molar-refractivity contribution is 0.136. The standard InChI is InChI=1S/C26H32N4O2/c1-4-8-24-28-17-21(19-12-14-27-15-13-19)25(29-24)22-10-5-6-16-30(22)18-20-9-7-11-23(31-2)26(20)32-3/h7,9,11-15,17,22H,4-6,8,10,16,18H2,1-3H3. The molecule has 6 heteroatoms. The summed E-state index contributed by atoms with van der Waals surface area (Å²) < 4.78 is 11.2. The maximum Gasteiger partial charge on any atom is 0.165 e. The Labute approximate surface area is 190 Å². The number of methoxy groups -OCH3 is 2. The van der Waals surface area contributed by atoms with Gasteiger partial charge in [-0.3, -0.25) is 9.88 Å². The number of benzene rings is 1. The van der Waals surface area contributed by atoms with E-state index in [-0.39, 0.29) is 6.04 Å². The van der Waals surface area contributed by atoms with Crippen LogP contribution in [0.5, 0.6) is 11.5 Å². The van der Waals surface area contributed by atoms with Gasteiger partial charge in [0.1, 0.15) is 5.82 Å². The lowest BCUT2D eigenvalue weighted by atomic mass is 9.93. The SMILES string of the molecule is CCCc1ncc(-c2ccncc2)c(C2CCCCN2Cc2cccc(OC)c2OC)n1. The highest BCUT2D eigenvalue weighted by Crippen LogP contribution is 2.39. The predicted molar refractivity (Wildman–Crippen MR) is 126 cm³/mol. The van der Waals surface area contributed by atoms with Crippen molar-refractivity contribution in [2.75, 3.05) is 20.8 Å². The number of nitrogens with zero attached hydrogens (tertiary/aromatic N) is 4. The van der Waals surface area contributed by atoms with Crippen molar-refractivity contribution in [1.82, 2.24) is 19.9 Å². The Hall–Kier alpha value is -2.99. The highest BCUT2D eigenvalue weighted by atomic mass is 16.5. The maximum atomic E-state index is 5.71. The summed E-state index contributed by atoms with van der Waals surface area (Å²) in [5.41, 5.74) is 4.47. The van der Waals surface area contributed by atoms with Gasteiger partial charge in [0.25, 0.3) is 0 Å². The molecular formula is C26H32N4O2. The molecule has 0 saturated carbocycles. The van der Waals surface area contributed by atoms with Crippen LogP contribution in [0.2, 0.25) is 0 Å². The molecule has 1 saturated heterocycles. The molecule has 0 bridgehead atoms. The summed E-state index contributed by atoms with van der Waals surface area (Å²) in [4.78, 5) is 16.5. The number of likely N-dealkylation sites (tertiary alicyclic amines) is 1. The summed E-state index contributed by atoms with van der Waals surface area (Å²) in [6.07, 6.45) is 11.0. The molecule has 0 N–H and O–H groups in total. The highest BCUT2D eigenvalue weighted by Gasteiger charge is 2.29. The first kappa shape index (κ1) is 22.2. The number of rotatable bonds is 8. The van der Waals surface area contributed by atoms with Crippen molar-refractivity contribution in [2.45, 2.75) is 51.6 Å². The van der Waals surface area contributed by atoms with Crippen LogP contribution in [0.3, 0.4) is 0 Å². The van der Waals surface area contributed by atoms with Gasteiger partial charge in [-0.2, -0.15) is 0 Å². The second-order valence-corrected chi connectivity index (χ2v) is 8.21. The molecule has 3 aromatic rings.